The van der Waals surface area contributed by atoms with Crippen LogP contribution < -0.4 is 0 Å². The van der Waals surface area contributed by atoms with Crippen LogP contribution in [-0.4, -0.2) is 17.3 Å². The summed E-state index contributed by atoms with van der Waals surface area (Å²) in [5, 5.41) is 9.06. The average molecular weight is 217 g/mol. The molecule has 1 aromatic rings. The van der Waals surface area contributed by atoms with E-state index >= 15 is 0 Å². The molecule has 1 rings (SSSR count). The number of halogens is 1. The van der Waals surface area contributed by atoms with Gasteiger partial charge in [0.1, 0.15) is 5.75 Å². The van der Waals surface area contributed by atoms with E-state index in [1.165, 1.54) is 19.4 Å². The van der Waals surface area contributed by atoms with E-state index in [2.05, 4.69) is 11.6 Å². The van der Waals surface area contributed by atoms with E-state index in [4.69, 9.17) is 5.11 Å². The highest BCUT2D eigenvalue weighted by molar-refractivity contribution is 6.15. The minimum atomic E-state index is -0.113. The number of hydrogen-bond donors (Lipinski definition) is 1. The summed E-state index contributed by atoms with van der Waals surface area (Å²) in [7, 11) is 0. The van der Waals surface area contributed by atoms with Crippen molar-refractivity contribution in [1.29, 1.82) is 0 Å². The van der Waals surface area contributed by atoms with Crippen molar-refractivity contribution < 1.29 is 9.90 Å². The highest BCUT2D eigenvalue weighted by atomic mass is 35.5. The zero-order valence-corrected chi connectivity index (χ0v) is 9.80. The number of Topliss-reactive ketones (excluding diaryl/α,β-unsaturated/α-hetero) is 1. The summed E-state index contributed by atoms with van der Waals surface area (Å²) >= 11 is 4.64. The van der Waals surface area contributed by atoms with Gasteiger partial charge in [-0.2, -0.15) is 0 Å². The third-order valence-corrected chi connectivity index (χ3v) is 1.28. The van der Waals surface area contributed by atoms with Crippen molar-refractivity contribution in [3.05, 3.63) is 29.8 Å². The molecule has 0 aromatic heterocycles. The predicted octanol–water partition coefficient (Wildman–Crippen LogP) is 3.48. The summed E-state index contributed by atoms with van der Waals surface area (Å²) < 4.78 is 0. The number of ketones is 1. The number of carbonyl (C=O) groups is 1. The number of phenolic OH excluding ortho intramolecular Hbond substituents is 1. The van der Waals surface area contributed by atoms with E-state index in [1.54, 1.807) is 18.2 Å². The molecule has 0 spiro atoms. The number of hydrogen-bond acceptors (Lipinski definition) is 2. The summed E-state index contributed by atoms with van der Waals surface area (Å²) in [5.41, 5.74) is 0.377. The van der Waals surface area contributed by atoms with Crippen LogP contribution in [-0.2, 0) is 0 Å². The SMILES string of the molecule is CC.CC(=O)c1ccccc1O.CCl. The van der Waals surface area contributed by atoms with E-state index in [9.17, 15) is 4.79 Å². The monoisotopic (exact) mass is 216 g/mol. The van der Waals surface area contributed by atoms with Gasteiger partial charge in [-0.05, 0) is 19.1 Å². The maximum Gasteiger partial charge on any atom is 0.163 e. The molecule has 0 saturated carbocycles. The number of phenols is 1. The predicted molar refractivity (Wildman–Crippen MR) is 61.2 cm³/mol. The van der Waals surface area contributed by atoms with Gasteiger partial charge in [-0.1, -0.05) is 26.0 Å². The van der Waals surface area contributed by atoms with E-state index < -0.39 is 0 Å². The summed E-state index contributed by atoms with van der Waals surface area (Å²) in [5.74, 6) is -0.0619. The second-order valence-electron chi connectivity index (χ2n) is 2.07. The molecule has 2 nitrogen and oxygen atoms in total. The molecule has 0 amide bonds. The van der Waals surface area contributed by atoms with Crippen LogP contribution in [0.25, 0.3) is 0 Å². The van der Waals surface area contributed by atoms with Crippen LogP contribution in [0.3, 0.4) is 0 Å². The first-order valence-corrected chi connectivity index (χ1v) is 5.14. The lowest BCUT2D eigenvalue weighted by atomic mass is 10.1. The van der Waals surface area contributed by atoms with Gasteiger partial charge in [0.2, 0.25) is 0 Å². The van der Waals surface area contributed by atoms with Crippen LogP contribution in [0.1, 0.15) is 31.1 Å². The molecular weight excluding hydrogens is 200 g/mol. The summed E-state index contributed by atoms with van der Waals surface area (Å²) in [4.78, 5) is 10.7. The van der Waals surface area contributed by atoms with E-state index in [0.717, 1.165) is 0 Å². The Morgan fingerprint density at radius 1 is 1.21 bits per heavy atom. The maximum absolute atomic E-state index is 10.7. The lowest BCUT2D eigenvalue weighted by Crippen LogP contribution is -1.90. The molecule has 14 heavy (non-hydrogen) atoms. The van der Waals surface area contributed by atoms with Gasteiger partial charge in [0.05, 0.1) is 5.56 Å². The number of alkyl halides is 1. The van der Waals surface area contributed by atoms with Crippen molar-refractivity contribution in [2.75, 3.05) is 6.38 Å². The molecule has 1 aromatic carbocycles. The molecule has 0 saturated heterocycles. The van der Waals surface area contributed by atoms with Gasteiger partial charge in [-0.15, -0.1) is 11.6 Å². The molecule has 0 unspecified atom stereocenters. The summed E-state index contributed by atoms with van der Waals surface area (Å²) in [6, 6.07) is 6.49. The molecule has 0 bridgehead atoms. The lowest BCUT2D eigenvalue weighted by Gasteiger charge is -1.96. The second kappa shape index (κ2) is 10.1. The third-order valence-electron chi connectivity index (χ3n) is 1.28. The van der Waals surface area contributed by atoms with Crippen molar-refractivity contribution >= 4 is 17.4 Å². The molecule has 0 fully saturated rings. The van der Waals surface area contributed by atoms with Crippen molar-refractivity contribution in [3.8, 4) is 5.75 Å². The third kappa shape index (κ3) is 5.60. The first-order chi connectivity index (χ1) is 6.72. The lowest BCUT2D eigenvalue weighted by molar-refractivity contribution is 0.101. The topological polar surface area (TPSA) is 37.3 Å². The molecule has 80 valence electrons. The Morgan fingerprint density at radius 3 is 1.93 bits per heavy atom. The first-order valence-electron chi connectivity index (χ1n) is 4.38. The number of para-hydroxylation sites is 1. The smallest absolute Gasteiger partial charge is 0.163 e. The van der Waals surface area contributed by atoms with Crippen LogP contribution >= 0.6 is 11.6 Å². The number of aromatic hydroxyl groups is 1. The van der Waals surface area contributed by atoms with Crippen molar-refractivity contribution in [2.24, 2.45) is 0 Å². The molecule has 0 aliphatic carbocycles. The summed E-state index contributed by atoms with van der Waals surface area (Å²) in [6.45, 7) is 5.43. The van der Waals surface area contributed by atoms with Gasteiger partial charge in [0, 0.05) is 6.38 Å². The van der Waals surface area contributed by atoms with Gasteiger partial charge < -0.3 is 5.11 Å². The molecule has 3 heteroatoms. The largest absolute Gasteiger partial charge is 0.507 e. The Bertz CT molecular complexity index is 259. The Balaban J connectivity index is 0. The Hall–Kier alpha value is -1.02. The zero-order chi connectivity index (χ0) is 11.6. The normalized spacial score (nSPS) is 7.50. The van der Waals surface area contributed by atoms with Crippen LogP contribution in [0, 0.1) is 0 Å². The van der Waals surface area contributed by atoms with Crippen molar-refractivity contribution in [2.45, 2.75) is 20.8 Å². The molecule has 0 radical (unpaired) electrons. The minimum Gasteiger partial charge on any atom is -0.507 e. The average Bonchev–Trinajstić information content (AvgIpc) is 2.24. The standard InChI is InChI=1S/C8H8O2.C2H6.CH3Cl/c1-6(9)7-4-2-3-5-8(7)10;2*1-2/h2-5,10H,1H3;1-2H3;1H3. The van der Waals surface area contributed by atoms with Gasteiger partial charge in [0.15, 0.2) is 5.78 Å². The van der Waals surface area contributed by atoms with Gasteiger partial charge in [-0.25, -0.2) is 0 Å². The number of rotatable bonds is 1. The van der Waals surface area contributed by atoms with E-state index in [-0.39, 0.29) is 11.5 Å². The van der Waals surface area contributed by atoms with Crippen molar-refractivity contribution in [3.63, 3.8) is 0 Å². The Labute approximate surface area is 90.5 Å². The fourth-order valence-electron chi connectivity index (χ4n) is 0.771. The highest BCUT2D eigenvalue weighted by Crippen LogP contribution is 2.15. The fourth-order valence-corrected chi connectivity index (χ4v) is 0.771. The van der Waals surface area contributed by atoms with Crippen LogP contribution in [0.5, 0.6) is 5.75 Å². The molecule has 0 heterocycles. The Morgan fingerprint density at radius 2 is 1.64 bits per heavy atom. The van der Waals surface area contributed by atoms with E-state index in [1.807, 2.05) is 13.8 Å². The molecule has 0 aliphatic rings. The minimum absolute atomic E-state index is 0.0509. The highest BCUT2D eigenvalue weighted by Gasteiger charge is 2.02. The maximum atomic E-state index is 10.7. The van der Waals surface area contributed by atoms with Crippen LogP contribution in [0.4, 0.5) is 0 Å². The second-order valence-corrected chi connectivity index (χ2v) is 2.07. The molecule has 1 N–H and O–H groups in total. The molecule has 0 atom stereocenters. The van der Waals surface area contributed by atoms with Gasteiger partial charge >= 0.3 is 0 Å². The van der Waals surface area contributed by atoms with E-state index in [0.29, 0.717) is 5.56 Å². The number of benzene rings is 1. The van der Waals surface area contributed by atoms with Gasteiger partial charge in [-0.3, -0.25) is 4.79 Å². The van der Waals surface area contributed by atoms with Gasteiger partial charge in [0.25, 0.3) is 0 Å². The Kier molecular flexibility index (Phi) is 11.1. The quantitative estimate of drug-likeness (QED) is 0.577. The zero-order valence-electron chi connectivity index (χ0n) is 9.04. The van der Waals surface area contributed by atoms with Crippen LogP contribution in [0.2, 0.25) is 0 Å². The summed E-state index contributed by atoms with van der Waals surface area (Å²) in [6.07, 6.45) is 1.47. The molecule has 0 aliphatic heterocycles. The molecular formula is C11H17ClO2. The van der Waals surface area contributed by atoms with Crippen LogP contribution in [0.15, 0.2) is 24.3 Å². The first kappa shape index (κ1) is 15.5. The number of carbonyl (C=O) groups excluding carboxylic acids is 1. The fraction of sp³-hybridized carbons (Fsp3) is 0.364. The van der Waals surface area contributed by atoms with Crippen molar-refractivity contribution in [1.82, 2.24) is 0 Å².